The quantitative estimate of drug-likeness (QED) is 0.304. The molecule has 1 aromatic carbocycles. The lowest BCUT2D eigenvalue weighted by molar-refractivity contribution is -0.133. The van der Waals surface area contributed by atoms with Crippen molar-refractivity contribution in [3.63, 3.8) is 0 Å². The van der Waals surface area contributed by atoms with Gasteiger partial charge in [0, 0.05) is 41.8 Å². The van der Waals surface area contributed by atoms with E-state index in [-0.39, 0.29) is 22.9 Å². The molecule has 41 heavy (non-hydrogen) atoms. The predicted octanol–water partition coefficient (Wildman–Crippen LogP) is 6.09. The fourth-order valence-corrected chi connectivity index (χ4v) is 6.08. The van der Waals surface area contributed by atoms with Gasteiger partial charge in [-0.25, -0.2) is 4.79 Å². The highest BCUT2D eigenvalue weighted by molar-refractivity contribution is 6.08. The molecule has 3 aromatic rings. The first-order valence-electron chi connectivity index (χ1n) is 14.6. The van der Waals surface area contributed by atoms with Gasteiger partial charge in [-0.3, -0.25) is 19.3 Å². The third-order valence-corrected chi connectivity index (χ3v) is 8.91. The molecule has 1 unspecified atom stereocenters. The summed E-state index contributed by atoms with van der Waals surface area (Å²) in [5.41, 5.74) is 4.12. The zero-order chi connectivity index (χ0) is 29.4. The topological polar surface area (TPSA) is 118 Å². The van der Waals surface area contributed by atoms with Crippen LogP contribution in [0.2, 0.25) is 0 Å². The second-order valence-electron chi connectivity index (χ2n) is 12.2. The van der Waals surface area contributed by atoms with E-state index in [1.54, 1.807) is 20.0 Å². The molecule has 2 fully saturated rings. The molecule has 3 N–H and O–H groups in total. The number of Topliss-reactive ketones (excluding diaryl/α,β-unsaturated/α-hetero) is 1. The average Bonchev–Trinajstić information content (AvgIpc) is 3.58. The minimum absolute atomic E-state index is 0.147. The van der Waals surface area contributed by atoms with Crippen LogP contribution in [0.1, 0.15) is 81.5 Å². The number of urea groups is 1. The average molecular weight is 557 g/mol. The predicted molar refractivity (Wildman–Crippen MR) is 160 cm³/mol. The summed E-state index contributed by atoms with van der Waals surface area (Å²) in [6.07, 6.45) is 9.09. The molecule has 0 spiro atoms. The van der Waals surface area contributed by atoms with E-state index in [1.807, 2.05) is 48.1 Å². The summed E-state index contributed by atoms with van der Waals surface area (Å²) >= 11 is 0. The van der Waals surface area contributed by atoms with Crippen molar-refractivity contribution < 1.29 is 14.4 Å². The fraction of sp³-hybridized carbons (Fsp3) is 0.469. The van der Waals surface area contributed by atoms with Gasteiger partial charge in [-0.2, -0.15) is 5.10 Å². The highest BCUT2D eigenvalue weighted by Gasteiger charge is 2.45. The van der Waals surface area contributed by atoms with Crippen LogP contribution >= 0.6 is 0 Å². The van der Waals surface area contributed by atoms with E-state index in [4.69, 9.17) is 5.10 Å². The molecule has 216 valence electrons. The van der Waals surface area contributed by atoms with Crippen LogP contribution in [0.4, 0.5) is 16.2 Å². The maximum Gasteiger partial charge on any atom is 0.323 e. The molecule has 3 amide bonds. The highest BCUT2D eigenvalue weighted by Crippen LogP contribution is 2.39. The van der Waals surface area contributed by atoms with Crippen LogP contribution in [0.5, 0.6) is 0 Å². The van der Waals surface area contributed by atoms with E-state index in [9.17, 15) is 14.4 Å². The van der Waals surface area contributed by atoms with Crippen LogP contribution in [0, 0.1) is 18.3 Å². The molecule has 0 radical (unpaired) electrons. The van der Waals surface area contributed by atoms with Crippen molar-refractivity contribution in [1.29, 1.82) is 0 Å². The Balaban J connectivity index is 1.41. The number of amides is 3. The normalized spacial score (nSPS) is 19.4. The third-order valence-electron chi connectivity index (χ3n) is 8.91. The molecular weight excluding hydrogens is 516 g/mol. The number of aryl methyl sites for hydroxylation is 2. The lowest BCUT2D eigenvalue weighted by Crippen LogP contribution is -2.50. The summed E-state index contributed by atoms with van der Waals surface area (Å²) in [5.74, 6) is -0.903. The summed E-state index contributed by atoms with van der Waals surface area (Å²) in [6, 6.07) is 9.33. The number of pyridine rings is 1. The van der Waals surface area contributed by atoms with Crippen molar-refractivity contribution in [3.05, 3.63) is 59.7 Å². The lowest BCUT2D eigenvalue weighted by Gasteiger charge is -2.36. The SMILES string of the molecule is CCc1ccc(-c2cc(NC(=O)Nc3cn(C4(C)CCCC4)nc3C(=O)C3CCNC(=O)C3(C)C)ccc2C)cn1. The Kier molecular flexibility index (Phi) is 7.72. The number of nitrogens with one attached hydrogen (secondary N) is 3. The van der Waals surface area contributed by atoms with Crippen molar-refractivity contribution in [2.24, 2.45) is 11.3 Å². The molecule has 2 aromatic heterocycles. The van der Waals surface area contributed by atoms with Crippen molar-refractivity contribution in [2.75, 3.05) is 17.2 Å². The lowest BCUT2D eigenvalue weighted by atomic mass is 9.71. The van der Waals surface area contributed by atoms with E-state index in [2.05, 4.69) is 34.8 Å². The Bertz CT molecular complexity index is 1470. The smallest absolute Gasteiger partial charge is 0.323 e. The van der Waals surface area contributed by atoms with E-state index < -0.39 is 17.4 Å². The largest absolute Gasteiger partial charge is 0.356 e. The summed E-state index contributed by atoms with van der Waals surface area (Å²) in [6.45, 7) is 10.3. The molecule has 5 rings (SSSR count). The zero-order valence-corrected chi connectivity index (χ0v) is 24.6. The molecule has 9 nitrogen and oxygen atoms in total. The number of rotatable bonds is 7. The van der Waals surface area contributed by atoms with Crippen LogP contribution in [-0.2, 0) is 16.8 Å². The van der Waals surface area contributed by atoms with E-state index >= 15 is 0 Å². The molecule has 2 aliphatic rings. The maximum atomic E-state index is 13.9. The Morgan fingerprint density at radius 2 is 1.85 bits per heavy atom. The van der Waals surface area contributed by atoms with E-state index in [1.165, 1.54) is 0 Å². The molecule has 9 heteroatoms. The van der Waals surface area contributed by atoms with Gasteiger partial charge < -0.3 is 16.0 Å². The Hall–Kier alpha value is -4.01. The number of nitrogens with zero attached hydrogens (tertiary/aromatic N) is 3. The first-order valence-corrected chi connectivity index (χ1v) is 14.6. The van der Waals surface area contributed by atoms with Gasteiger partial charge in [0.05, 0.1) is 16.6 Å². The van der Waals surface area contributed by atoms with Gasteiger partial charge in [0.25, 0.3) is 0 Å². The Labute approximate surface area is 241 Å². The maximum absolute atomic E-state index is 13.9. The highest BCUT2D eigenvalue weighted by atomic mass is 16.2. The Morgan fingerprint density at radius 1 is 1.10 bits per heavy atom. The van der Waals surface area contributed by atoms with Crippen molar-refractivity contribution in [1.82, 2.24) is 20.1 Å². The number of ketones is 1. The number of piperidine rings is 1. The van der Waals surface area contributed by atoms with Crippen LogP contribution in [0.3, 0.4) is 0 Å². The molecule has 1 aliphatic carbocycles. The number of aromatic nitrogens is 3. The number of benzene rings is 1. The van der Waals surface area contributed by atoms with Crippen LogP contribution in [0.15, 0.2) is 42.7 Å². The minimum atomic E-state index is -0.877. The number of anilines is 2. The minimum Gasteiger partial charge on any atom is -0.356 e. The van der Waals surface area contributed by atoms with Gasteiger partial charge in [0.2, 0.25) is 5.91 Å². The first-order chi connectivity index (χ1) is 19.5. The van der Waals surface area contributed by atoms with Gasteiger partial charge in [0.1, 0.15) is 0 Å². The van der Waals surface area contributed by atoms with Gasteiger partial charge >= 0.3 is 6.03 Å². The van der Waals surface area contributed by atoms with Crippen LogP contribution in [-0.4, -0.2) is 39.0 Å². The van der Waals surface area contributed by atoms with E-state index in [0.29, 0.717) is 24.3 Å². The first kappa shape index (κ1) is 28.5. The van der Waals surface area contributed by atoms with Gasteiger partial charge in [-0.05, 0) is 68.9 Å². The van der Waals surface area contributed by atoms with Crippen LogP contribution in [0.25, 0.3) is 11.1 Å². The van der Waals surface area contributed by atoms with Gasteiger partial charge in [0.15, 0.2) is 11.5 Å². The molecule has 1 aliphatic heterocycles. The molecule has 0 bridgehead atoms. The summed E-state index contributed by atoms with van der Waals surface area (Å²) in [7, 11) is 0. The summed E-state index contributed by atoms with van der Waals surface area (Å²) < 4.78 is 1.84. The third kappa shape index (κ3) is 5.62. The standard InChI is InChI=1S/C32H40N6O3/c1-6-22-12-10-21(18-34-22)24-17-23(11-9-20(24)2)35-30(41)36-26-19-38(32(5)14-7-8-15-32)37-27(26)28(39)25-13-16-33-29(40)31(25,3)4/h9-12,17-19,25H,6-8,13-16H2,1-5H3,(H,33,40)(H2,35,36,41). The molecule has 3 heterocycles. The van der Waals surface area contributed by atoms with Crippen LogP contribution < -0.4 is 16.0 Å². The molecule has 1 saturated heterocycles. The van der Waals surface area contributed by atoms with Crippen molar-refractivity contribution in [2.45, 2.75) is 78.7 Å². The second kappa shape index (κ2) is 11.1. The number of carbonyl (C=O) groups excluding carboxylic acids is 3. The molecule has 1 saturated carbocycles. The van der Waals surface area contributed by atoms with Gasteiger partial charge in [-0.15, -0.1) is 0 Å². The fourth-order valence-electron chi connectivity index (χ4n) is 6.08. The second-order valence-corrected chi connectivity index (χ2v) is 12.2. The number of hydrogen-bond acceptors (Lipinski definition) is 5. The monoisotopic (exact) mass is 556 g/mol. The molecular formula is C32H40N6O3. The summed E-state index contributed by atoms with van der Waals surface area (Å²) in [5, 5.41) is 13.4. The van der Waals surface area contributed by atoms with E-state index in [0.717, 1.165) is 54.5 Å². The van der Waals surface area contributed by atoms with Crippen molar-refractivity contribution in [3.8, 4) is 11.1 Å². The number of carbonyl (C=O) groups is 3. The Morgan fingerprint density at radius 3 is 2.54 bits per heavy atom. The number of hydrogen-bond donors (Lipinski definition) is 3. The summed E-state index contributed by atoms with van der Waals surface area (Å²) in [4.78, 5) is 44.3. The zero-order valence-electron chi connectivity index (χ0n) is 24.6. The molecule has 1 atom stereocenters. The van der Waals surface area contributed by atoms with Crippen molar-refractivity contribution >= 4 is 29.1 Å². The van der Waals surface area contributed by atoms with Gasteiger partial charge in [-0.1, -0.05) is 45.7 Å².